The first kappa shape index (κ1) is 13.8. The Morgan fingerprint density at radius 2 is 1.79 bits per heavy atom. The molecule has 1 atom stereocenters. The Bertz CT molecular complexity index is 522. The molecule has 0 saturated carbocycles. The van der Waals surface area contributed by atoms with Crippen molar-refractivity contribution in [2.75, 3.05) is 0 Å². The largest absolute Gasteiger partial charge is 0.310 e. The number of halogens is 1. The lowest BCUT2D eigenvalue weighted by atomic mass is 10.1. The first-order valence-electron chi connectivity index (χ1n) is 6.67. The molecule has 0 aliphatic carbocycles. The lowest BCUT2D eigenvalue weighted by molar-refractivity contribution is 0.542. The standard InChI is InChI=1S/C17H20FN/c1-13-8-9-16(11-17(13)18)12-19-14(2)10-15-6-4-3-5-7-15/h3-9,11,14,19H,10,12H2,1-2H3. The van der Waals surface area contributed by atoms with Crippen LogP contribution in [0.1, 0.15) is 23.6 Å². The molecule has 2 aromatic carbocycles. The van der Waals surface area contributed by atoms with Gasteiger partial charge < -0.3 is 5.32 Å². The van der Waals surface area contributed by atoms with Gasteiger partial charge in [-0.2, -0.15) is 0 Å². The molecule has 19 heavy (non-hydrogen) atoms. The fraction of sp³-hybridized carbons (Fsp3) is 0.294. The van der Waals surface area contributed by atoms with Crippen molar-refractivity contribution in [2.45, 2.75) is 32.9 Å². The Labute approximate surface area is 114 Å². The van der Waals surface area contributed by atoms with E-state index in [4.69, 9.17) is 0 Å². The van der Waals surface area contributed by atoms with Gasteiger partial charge in [-0.3, -0.25) is 0 Å². The third-order valence-corrected chi connectivity index (χ3v) is 3.28. The third kappa shape index (κ3) is 4.18. The molecule has 1 N–H and O–H groups in total. The summed E-state index contributed by atoms with van der Waals surface area (Å²) in [4.78, 5) is 0. The smallest absolute Gasteiger partial charge is 0.126 e. The van der Waals surface area contributed by atoms with Gasteiger partial charge in [0.25, 0.3) is 0 Å². The Hall–Kier alpha value is -1.67. The van der Waals surface area contributed by atoms with Gasteiger partial charge in [-0.05, 0) is 43.0 Å². The van der Waals surface area contributed by atoms with Crippen LogP contribution in [0.4, 0.5) is 4.39 Å². The molecule has 1 nitrogen and oxygen atoms in total. The summed E-state index contributed by atoms with van der Waals surface area (Å²) >= 11 is 0. The quantitative estimate of drug-likeness (QED) is 0.857. The summed E-state index contributed by atoms with van der Waals surface area (Å²) < 4.78 is 13.4. The molecule has 0 spiro atoms. The zero-order chi connectivity index (χ0) is 13.7. The van der Waals surface area contributed by atoms with Crippen molar-refractivity contribution >= 4 is 0 Å². The van der Waals surface area contributed by atoms with E-state index in [1.165, 1.54) is 5.56 Å². The van der Waals surface area contributed by atoms with E-state index < -0.39 is 0 Å². The van der Waals surface area contributed by atoms with Crippen LogP contribution in [0.25, 0.3) is 0 Å². The van der Waals surface area contributed by atoms with E-state index in [9.17, 15) is 4.39 Å². The summed E-state index contributed by atoms with van der Waals surface area (Å²) in [7, 11) is 0. The first-order valence-corrected chi connectivity index (χ1v) is 6.67. The molecule has 0 saturated heterocycles. The van der Waals surface area contributed by atoms with Crippen LogP contribution in [0, 0.1) is 12.7 Å². The average Bonchev–Trinajstić information content (AvgIpc) is 2.41. The highest BCUT2D eigenvalue weighted by atomic mass is 19.1. The summed E-state index contributed by atoms with van der Waals surface area (Å²) in [5, 5.41) is 3.43. The number of nitrogens with one attached hydrogen (secondary N) is 1. The van der Waals surface area contributed by atoms with Crippen molar-refractivity contribution < 1.29 is 4.39 Å². The van der Waals surface area contributed by atoms with E-state index in [1.54, 1.807) is 13.0 Å². The van der Waals surface area contributed by atoms with Crippen molar-refractivity contribution in [3.63, 3.8) is 0 Å². The Morgan fingerprint density at radius 3 is 2.47 bits per heavy atom. The lowest BCUT2D eigenvalue weighted by Gasteiger charge is -2.14. The minimum atomic E-state index is -0.130. The monoisotopic (exact) mass is 257 g/mol. The Kier molecular flexibility index (Phi) is 4.69. The van der Waals surface area contributed by atoms with E-state index in [0.29, 0.717) is 18.2 Å². The molecule has 0 bridgehead atoms. The zero-order valence-electron chi connectivity index (χ0n) is 11.5. The van der Waals surface area contributed by atoms with Crippen LogP contribution in [0.3, 0.4) is 0 Å². The van der Waals surface area contributed by atoms with Crippen molar-refractivity contribution in [2.24, 2.45) is 0 Å². The van der Waals surface area contributed by atoms with Crippen LogP contribution in [-0.2, 0) is 13.0 Å². The fourth-order valence-corrected chi connectivity index (χ4v) is 2.08. The molecule has 100 valence electrons. The molecule has 0 aromatic heterocycles. The third-order valence-electron chi connectivity index (χ3n) is 3.28. The second-order valence-corrected chi connectivity index (χ2v) is 5.06. The molecule has 0 aliphatic rings. The molecular formula is C17H20FN. The van der Waals surface area contributed by atoms with Crippen LogP contribution in [0.5, 0.6) is 0 Å². The second kappa shape index (κ2) is 6.48. The van der Waals surface area contributed by atoms with E-state index in [-0.39, 0.29) is 5.82 Å². The van der Waals surface area contributed by atoms with Crippen molar-refractivity contribution in [1.82, 2.24) is 5.32 Å². The van der Waals surface area contributed by atoms with Gasteiger partial charge >= 0.3 is 0 Å². The van der Waals surface area contributed by atoms with Crippen LogP contribution < -0.4 is 5.32 Å². The van der Waals surface area contributed by atoms with Gasteiger partial charge in [0.2, 0.25) is 0 Å². The van der Waals surface area contributed by atoms with Crippen molar-refractivity contribution in [3.05, 3.63) is 71.0 Å². The molecule has 0 aliphatic heterocycles. The minimum Gasteiger partial charge on any atom is -0.310 e. The van der Waals surface area contributed by atoms with Gasteiger partial charge in [-0.1, -0.05) is 42.5 Å². The Morgan fingerprint density at radius 1 is 1.05 bits per heavy atom. The summed E-state index contributed by atoms with van der Waals surface area (Å²) in [5.41, 5.74) is 3.00. The molecule has 0 heterocycles. The number of rotatable bonds is 5. The maximum absolute atomic E-state index is 13.4. The number of hydrogen-bond acceptors (Lipinski definition) is 1. The second-order valence-electron chi connectivity index (χ2n) is 5.06. The van der Waals surface area contributed by atoms with Gasteiger partial charge in [0.15, 0.2) is 0 Å². The van der Waals surface area contributed by atoms with Crippen LogP contribution in [0.15, 0.2) is 48.5 Å². The predicted octanol–water partition coefficient (Wildman–Crippen LogP) is 3.85. The van der Waals surface area contributed by atoms with E-state index >= 15 is 0 Å². The number of hydrogen-bond donors (Lipinski definition) is 1. The van der Waals surface area contributed by atoms with Crippen LogP contribution >= 0.6 is 0 Å². The molecule has 0 radical (unpaired) electrons. The topological polar surface area (TPSA) is 12.0 Å². The summed E-state index contributed by atoms with van der Waals surface area (Å²) in [5.74, 6) is -0.130. The summed E-state index contributed by atoms with van der Waals surface area (Å²) in [6.45, 7) is 4.63. The Balaban J connectivity index is 1.86. The highest BCUT2D eigenvalue weighted by Gasteiger charge is 2.04. The SMILES string of the molecule is Cc1ccc(CNC(C)Cc2ccccc2)cc1F. The summed E-state index contributed by atoms with van der Waals surface area (Å²) in [6, 6.07) is 16.2. The van der Waals surface area contributed by atoms with Crippen LogP contribution in [0.2, 0.25) is 0 Å². The lowest BCUT2D eigenvalue weighted by Crippen LogP contribution is -2.27. The van der Waals surface area contributed by atoms with E-state index in [2.05, 4.69) is 36.5 Å². The average molecular weight is 257 g/mol. The molecule has 2 heteroatoms. The van der Waals surface area contributed by atoms with Crippen LogP contribution in [-0.4, -0.2) is 6.04 Å². The normalized spacial score (nSPS) is 12.4. The highest BCUT2D eigenvalue weighted by molar-refractivity contribution is 5.23. The molecule has 0 fully saturated rings. The molecule has 2 aromatic rings. The maximum atomic E-state index is 13.4. The van der Waals surface area contributed by atoms with Crippen molar-refractivity contribution in [1.29, 1.82) is 0 Å². The van der Waals surface area contributed by atoms with Gasteiger partial charge in [-0.15, -0.1) is 0 Å². The van der Waals surface area contributed by atoms with Gasteiger partial charge in [0, 0.05) is 12.6 Å². The molecule has 0 amide bonds. The molecule has 1 unspecified atom stereocenters. The predicted molar refractivity (Wildman–Crippen MR) is 77.6 cm³/mol. The number of benzene rings is 2. The highest BCUT2D eigenvalue weighted by Crippen LogP contribution is 2.09. The minimum absolute atomic E-state index is 0.130. The fourth-order valence-electron chi connectivity index (χ4n) is 2.08. The summed E-state index contributed by atoms with van der Waals surface area (Å²) in [6.07, 6.45) is 0.981. The van der Waals surface area contributed by atoms with Gasteiger partial charge in [0.1, 0.15) is 5.82 Å². The molecule has 2 rings (SSSR count). The van der Waals surface area contributed by atoms with Gasteiger partial charge in [-0.25, -0.2) is 4.39 Å². The maximum Gasteiger partial charge on any atom is 0.126 e. The first-order chi connectivity index (χ1) is 9.15. The van der Waals surface area contributed by atoms with Gasteiger partial charge in [0.05, 0.1) is 0 Å². The zero-order valence-corrected chi connectivity index (χ0v) is 11.5. The molecular weight excluding hydrogens is 237 g/mol. The number of aryl methyl sites for hydroxylation is 1. The van der Waals surface area contributed by atoms with E-state index in [0.717, 1.165) is 12.0 Å². The van der Waals surface area contributed by atoms with E-state index in [1.807, 2.05) is 18.2 Å². The van der Waals surface area contributed by atoms with Crippen molar-refractivity contribution in [3.8, 4) is 0 Å².